The number of rotatable bonds is 5. The number of nitro benzene ring substituents is 1. The first-order chi connectivity index (χ1) is 9.10. The van der Waals surface area contributed by atoms with E-state index in [1.165, 1.54) is 29.5 Å². The lowest BCUT2D eigenvalue weighted by atomic mass is 10.3. The SMILES string of the molecule is NNc1nnc(COc2cc([N+](=O)[O-])ccc2Cl)s1. The van der Waals surface area contributed by atoms with Gasteiger partial charge in [-0.2, -0.15) is 0 Å². The summed E-state index contributed by atoms with van der Waals surface area (Å²) in [4.78, 5) is 10.1. The van der Waals surface area contributed by atoms with E-state index in [1.54, 1.807) is 0 Å². The molecule has 2 aromatic rings. The summed E-state index contributed by atoms with van der Waals surface area (Å²) in [5.41, 5.74) is 2.26. The van der Waals surface area contributed by atoms with Gasteiger partial charge in [0, 0.05) is 6.07 Å². The molecule has 0 fully saturated rings. The second-order valence-corrected chi connectivity index (χ2v) is 4.78. The minimum absolute atomic E-state index is 0.0963. The number of aromatic nitrogens is 2. The van der Waals surface area contributed by atoms with Gasteiger partial charge >= 0.3 is 0 Å². The molecule has 0 saturated heterocycles. The molecule has 1 heterocycles. The Balaban J connectivity index is 2.10. The second kappa shape index (κ2) is 5.78. The average Bonchev–Trinajstić information content (AvgIpc) is 2.85. The largest absolute Gasteiger partial charge is 0.485 e. The highest BCUT2D eigenvalue weighted by Gasteiger charge is 2.12. The molecule has 0 unspecified atom stereocenters. The van der Waals surface area contributed by atoms with Gasteiger partial charge in [-0.15, -0.1) is 10.2 Å². The summed E-state index contributed by atoms with van der Waals surface area (Å²) in [5, 5.41) is 19.5. The van der Waals surface area contributed by atoms with E-state index < -0.39 is 4.92 Å². The molecule has 8 nitrogen and oxygen atoms in total. The van der Waals surface area contributed by atoms with Gasteiger partial charge in [-0.1, -0.05) is 22.9 Å². The summed E-state index contributed by atoms with van der Waals surface area (Å²) in [5.74, 6) is 5.38. The van der Waals surface area contributed by atoms with Crippen molar-refractivity contribution in [2.45, 2.75) is 6.61 Å². The maximum atomic E-state index is 10.6. The van der Waals surface area contributed by atoms with Crippen LogP contribution in [0.2, 0.25) is 5.02 Å². The Morgan fingerprint density at radius 1 is 1.53 bits per heavy atom. The normalized spacial score (nSPS) is 10.2. The third kappa shape index (κ3) is 3.28. The molecule has 0 saturated carbocycles. The first-order valence-corrected chi connectivity index (χ1v) is 6.15. The van der Waals surface area contributed by atoms with Crippen LogP contribution in [-0.4, -0.2) is 15.1 Å². The molecule has 0 aliphatic rings. The average molecular weight is 302 g/mol. The van der Waals surface area contributed by atoms with Crippen molar-refractivity contribution in [2.24, 2.45) is 5.84 Å². The van der Waals surface area contributed by atoms with Crippen LogP contribution >= 0.6 is 22.9 Å². The van der Waals surface area contributed by atoms with E-state index in [4.69, 9.17) is 22.2 Å². The Morgan fingerprint density at radius 2 is 2.32 bits per heavy atom. The molecule has 0 amide bonds. The van der Waals surface area contributed by atoms with Crippen LogP contribution in [0.15, 0.2) is 18.2 Å². The highest BCUT2D eigenvalue weighted by molar-refractivity contribution is 7.15. The summed E-state index contributed by atoms with van der Waals surface area (Å²) in [6, 6.07) is 3.96. The number of nitrogens with one attached hydrogen (secondary N) is 1. The Morgan fingerprint density at radius 3 is 2.95 bits per heavy atom. The monoisotopic (exact) mass is 301 g/mol. The molecule has 19 heavy (non-hydrogen) atoms. The van der Waals surface area contributed by atoms with Crippen LogP contribution in [0.4, 0.5) is 10.8 Å². The molecule has 1 aromatic carbocycles. The summed E-state index contributed by atoms with van der Waals surface area (Å²) in [6.45, 7) is 0.0975. The lowest BCUT2D eigenvalue weighted by Gasteiger charge is -2.05. The van der Waals surface area contributed by atoms with Gasteiger partial charge in [-0.25, -0.2) is 5.84 Å². The zero-order valence-electron chi connectivity index (χ0n) is 9.37. The zero-order chi connectivity index (χ0) is 13.8. The zero-order valence-corrected chi connectivity index (χ0v) is 10.9. The fourth-order valence-electron chi connectivity index (χ4n) is 1.23. The van der Waals surface area contributed by atoms with Crippen LogP contribution in [-0.2, 0) is 6.61 Å². The van der Waals surface area contributed by atoms with E-state index in [2.05, 4.69) is 15.6 Å². The number of nitrogen functional groups attached to an aromatic ring is 1. The van der Waals surface area contributed by atoms with E-state index in [0.29, 0.717) is 10.1 Å². The van der Waals surface area contributed by atoms with Crippen molar-refractivity contribution < 1.29 is 9.66 Å². The summed E-state index contributed by atoms with van der Waals surface area (Å²) in [6.07, 6.45) is 0. The number of benzene rings is 1. The van der Waals surface area contributed by atoms with Gasteiger partial charge in [0.1, 0.15) is 12.4 Å². The molecule has 2 rings (SSSR count). The number of nitrogens with two attached hydrogens (primary N) is 1. The number of ether oxygens (including phenoxy) is 1. The fourth-order valence-corrected chi connectivity index (χ4v) is 1.96. The molecule has 0 atom stereocenters. The lowest BCUT2D eigenvalue weighted by molar-refractivity contribution is -0.384. The quantitative estimate of drug-likeness (QED) is 0.492. The number of nitro groups is 1. The van der Waals surface area contributed by atoms with E-state index in [-0.39, 0.29) is 23.1 Å². The molecule has 0 spiro atoms. The maximum Gasteiger partial charge on any atom is 0.273 e. The van der Waals surface area contributed by atoms with Crippen LogP contribution in [0.1, 0.15) is 5.01 Å². The Bertz CT molecular complexity index is 605. The van der Waals surface area contributed by atoms with Gasteiger partial charge < -0.3 is 4.74 Å². The van der Waals surface area contributed by atoms with Crippen molar-refractivity contribution in [3.63, 3.8) is 0 Å². The number of hydrogen-bond donors (Lipinski definition) is 2. The third-order valence-corrected chi connectivity index (χ3v) is 3.21. The minimum atomic E-state index is -0.523. The number of non-ortho nitro benzene ring substituents is 1. The lowest BCUT2D eigenvalue weighted by Crippen LogP contribution is -2.05. The van der Waals surface area contributed by atoms with Crippen molar-refractivity contribution in [3.05, 3.63) is 38.3 Å². The van der Waals surface area contributed by atoms with Crippen LogP contribution in [0, 0.1) is 10.1 Å². The molecule has 0 aliphatic carbocycles. The molecule has 0 bridgehead atoms. The van der Waals surface area contributed by atoms with E-state index >= 15 is 0 Å². The van der Waals surface area contributed by atoms with Crippen molar-refractivity contribution in [3.8, 4) is 5.75 Å². The molecule has 0 radical (unpaired) electrons. The standard InChI is InChI=1S/C9H8ClN5O3S/c10-6-2-1-5(15(16)17)3-7(6)18-4-8-13-14-9(12-11)19-8/h1-3H,4,11H2,(H,12,14). The number of hydrazine groups is 1. The van der Waals surface area contributed by atoms with Gasteiger partial charge in [0.15, 0.2) is 5.01 Å². The fraction of sp³-hybridized carbons (Fsp3) is 0.111. The maximum absolute atomic E-state index is 10.6. The van der Waals surface area contributed by atoms with E-state index in [0.717, 1.165) is 0 Å². The topological polar surface area (TPSA) is 116 Å². The van der Waals surface area contributed by atoms with Gasteiger partial charge in [-0.05, 0) is 6.07 Å². The molecule has 3 N–H and O–H groups in total. The third-order valence-electron chi connectivity index (χ3n) is 2.07. The van der Waals surface area contributed by atoms with Crippen molar-refractivity contribution >= 4 is 33.8 Å². The molecule has 1 aromatic heterocycles. The second-order valence-electron chi connectivity index (χ2n) is 3.31. The molecular weight excluding hydrogens is 294 g/mol. The Hall–Kier alpha value is -1.97. The van der Waals surface area contributed by atoms with Gasteiger partial charge in [0.25, 0.3) is 5.69 Å². The van der Waals surface area contributed by atoms with E-state index in [1.807, 2.05) is 0 Å². The highest BCUT2D eigenvalue weighted by atomic mass is 35.5. The Kier molecular flexibility index (Phi) is 4.10. The van der Waals surface area contributed by atoms with Crippen LogP contribution in [0.5, 0.6) is 5.75 Å². The predicted molar refractivity (Wildman–Crippen MR) is 70.2 cm³/mol. The number of halogens is 1. The minimum Gasteiger partial charge on any atom is -0.485 e. The summed E-state index contributed by atoms with van der Waals surface area (Å²) >= 11 is 7.10. The first kappa shape index (κ1) is 13.5. The van der Waals surface area contributed by atoms with Crippen molar-refractivity contribution in [2.75, 3.05) is 5.43 Å². The van der Waals surface area contributed by atoms with Crippen molar-refractivity contribution in [1.82, 2.24) is 10.2 Å². The van der Waals surface area contributed by atoms with Crippen LogP contribution in [0.3, 0.4) is 0 Å². The molecular formula is C9H8ClN5O3S. The van der Waals surface area contributed by atoms with Crippen LogP contribution in [0.25, 0.3) is 0 Å². The van der Waals surface area contributed by atoms with E-state index in [9.17, 15) is 10.1 Å². The first-order valence-electron chi connectivity index (χ1n) is 4.96. The highest BCUT2D eigenvalue weighted by Crippen LogP contribution is 2.29. The summed E-state index contributed by atoms with van der Waals surface area (Å²) in [7, 11) is 0. The molecule has 10 heteroatoms. The number of anilines is 1. The number of nitrogens with zero attached hydrogens (tertiary/aromatic N) is 3. The number of hydrogen-bond acceptors (Lipinski definition) is 8. The molecule has 0 aliphatic heterocycles. The van der Waals surface area contributed by atoms with Gasteiger partial charge in [-0.3, -0.25) is 15.5 Å². The Labute approximate surface area is 116 Å². The van der Waals surface area contributed by atoms with Gasteiger partial charge in [0.2, 0.25) is 5.13 Å². The van der Waals surface area contributed by atoms with Crippen LogP contribution < -0.4 is 16.0 Å². The predicted octanol–water partition coefficient (Wildman–Crippen LogP) is 1.96. The summed E-state index contributed by atoms with van der Waals surface area (Å²) < 4.78 is 5.37. The van der Waals surface area contributed by atoms with Gasteiger partial charge in [0.05, 0.1) is 16.0 Å². The smallest absolute Gasteiger partial charge is 0.273 e. The van der Waals surface area contributed by atoms with Crippen molar-refractivity contribution in [1.29, 1.82) is 0 Å². The molecule has 100 valence electrons.